The number of methoxy groups -OCH3 is 1. The van der Waals surface area contributed by atoms with E-state index in [-0.39, 0.29) is 11.9 Å². The highest BCUT2D eigenvalue weighted by molar-refractivity contribution is 5.94. The van der Waals surface area contributed by atoms with Crippen LogP contribution in [0.1, 0.15) is 53.9 Å². The SMILES string of the molecule is COc1cccc(CN2CCc3nnc([C@H](CC(C)C)NC(=O)c4cccnc4)n3CC2)c1. The van der Waals surface area contributed by atoms with Gasteiger partial charge in [0.2, 0.25) is 0 Å². The topological polar surface area (TPSA) is 85.2 Å². The van der Waals surface area contributed by atoms with Crippen molar-refractivity contribution in [2.45, 2.75) is 45.8 Å². The van der Waals surface area contributed by atoms with Gasteiger partial charge < -0.3 is 14.6 Å². The highest BCUT2D eigenvalue weighted by Gasteiger charge is 2.26. The first-order valence-corrected chi connectivity index (χ1v) is 11.5. The molecule has 0 bridgehead atoms. The summed E-state index contributed by atoms with van der Waals surface area (Å²) in [4.78, 5) is 19.3. The number of carbonyl (C=O) groups is 1. The number of rotatable bonds is 8. The lowest BCUT2D eigenvalue weighted by molar-refractivity contribution is 0.0928. The lowest BCUT2D eigenvalue weighted by Crippen LogP contribution is -2.32. The molecule has 0 saturated heterocycles. The summed E-state index contributed by atoms with van der Waals surface area (Å²) in [5, 5.41) is 12.2. The second-order valence-electron chi connectivity index (χ2n) is 8.90. The molecule has 8 nitrogen and oxygen atoms in total. The van der Waals surface area contributed by atoms with Crippen molar-refractivity contribution < 1.29 is 9.53 Å². The summed E-state index contributed by atoms with van der Waals surface area (Å²) in [7, 11) is 1.69. The first kappa shape index (κ1) is 22.9. The molecule has 1 aliphatic heterocycles. The molecule has 8 heteroatoms. The predicted molar refractivity (Wildman–Crippen MR) is 126 cm³/mol. The number of nitrogens with zero attached hydrogens (tertiary/aromatic N) is 5. The van der Waals surface area contributed by atoms with Crippen LogP contribution in [0.5, 0.6) is 5.75 Å². The van der Waals surface area contributed by atoms with Crippen LogP contribution in [0.15, 0.2) is 48.8 Å². The zero-order chi connectivity index (χ0) is 23.2. The Labute approximate surface area is 195 Å². The van der Waals surface area contributed by atoms with Crippen molar-refractivity contribution in [1.29, 1.82) is 0 Å². The van der Waals surface area contributed by atoms with Crippen LogP contribution < -0.4 is 10.1 Å². The van der Waals surface area contributed by atoms with E-state index in [1.807, 2.05) is 12.1 Å². The van der Waals surface area contributed by atoms with Crippen LogP contribution in [0.4, 0.5) is 0 Å². The molecule has 0 spiro atoms. The van der Waals surface area contributed by atoms with E-state index in [1.165, 1.54) is 5.56 Å². The zero-order valence-electron chi connectivity index (χ0n) is 19.6. The van der Waals surface area contributed by atoms with E-state index in [0.717, 1.165) is 56.4 Å². The molecule has 0 saturated carbocycles. The average Bonchev–Trinajstić information content (AvgIpc) is 3.13. The van der Waals surface area contributed by atoms with E-state index in [9.17, 15) is 4.79 Å². The van der Waals surface area contributed by atoms with Gasteiger partial charge in [0.15, 0.2) is 5.82 Å². The summed E-state index contributed by atoms with van der Waals surface area (Å²) in [6, 6.07) is 11.6. The average molecular weight is 449 g/mol. The van der Waals surface area contributed by atoms with E-state index in [0.29, 0.717) is 11.5 Å². The number of benzene rings is 1. The summed E-state index contributed by atoms with van der Waals surface area (Å²) < 4.78 is 7.56. The molecule has 1 aromatic carbocycles. The van der Waals surface area contributed by atoms with Gasteiger partial charge in [0.25, 0.3) is 5.91 Å². The van der Waals surface area contributed by atoms with Crippen LogP contribution in [-0.4, -0.2) is 50.8 Å². The minimum absolute atomic E-state index is 0.139. The maximum Gasteiger partial charge on any atom is 0.253 e. The fourth-order valence-corrected chi connectivity index (χ4v) is 4.27. The van der Waals surface area contributed by atoms with E-state index < -0.39 is 0 Å². The molecule has 0 aliphatic carbocycles. The first-order valence-electron chi connectivity index (χ1n) is 11.5. The fraction of sp³-hybridized carbons (Fsp3) is 0.440. The Bertz CT molecular complexity index is 1070. The van der Waals surface area contributed by atoms with Gasteiger partial charge in [0.05, 0.1) is 18.7 Å². The van der Waals surface area contributed by atoms with Crippen LogP contribution in [-0.2, 0) is 19.5 Å². The molecule has 33 heavy (non-hydrogen) atoms. The van der Waals surface area contributed by atoms with Gasteiger partial charge in [0.1, 0.15) is 11.6 Å². The van der Waals surface area contributed by atoms with Crippen molar-refractivity contribution in [2.24, 2.45) is 5.92 Å². The van der Waals surface area contributed by atoms with Crippen molar-refractivity contribution in [3.63, 3.8) is 0 Å². The number of aromatic nitrogens is 4. The first-order chi connectivity index (χ1) is 16.0. The molecule has 3 aromatic rings. The number of fused-ring (bicyclic) bond motifs is 1. The van der Waals surface area contributed by atoms with Gasteiger partial charge in [0, 0.05) is 45.0 Å². The zero-order valence-corrected chi connectivity index (χ0v) is 19.6. The van der Waals surface area contributed by atoms with Gasteiger partial charge in [-0.25, -0.2) is 0 Å². The molecule has 0 radical (unpaired) electrons. The second kappa shape index (κ2) is 10.6. The number of hydrogen-bond acceptors (Lipinski definition) is 6. The van der Waals surface area contributed by atoms with Gasteiger partial charge in [-0.05, 0) is 42.2 Å². The number of hydrogen-bond donors (Lipinski definition) is 1. The van der Waals surface area contributed by atoms with E-state index in [4.69, 9.17) is 4.74 Å². The molecule has 0 fully saturated rings. The minimum atomic E-state index is -0.205. The highest BCUT2D eigenvalue weighted by Crippen LogP contribution is 2.23. The molecule has 3 heterocycles. The van der Waals surface area contributed by atoms with Gasteiger partial charge in [-0.1, -0.05) is 26.0 Å². The maximum atomic E-state index is 12.8. The van der Waals surface area contributed by atoms with Gasteiger partial charge in [-0.2, -0.15) is 0 Å². The smallest absolute Gasteiger partial charge is 0.253 e. The van der Waals surface area contributed by atoms with Crippen molar-refractivity contribution in [3.05, 3.63) is 71.6 Å². The van der Waals surface area contributed by atoms with Crippen LogP contribution in [0.25, 0.3) is 0 Å². The Hall–Kier alpha value is -3.26. The molecule has 4 rings (SSSR count). The molecule has 1 amide bonds. The summed E-state index contributed by atoms with van der Waals surface area (Å²) >= 11 is 0. The second-order valence-corrected chi connectivity index (χ2v) is 8.90. The summed E-state index contributed by atoms with van der Waals surface area (Å²) in [5.41, 5.74) is 1.78. The Balaban J connectivity index is 1.49. The normalized spacial score (nSPS) is 15.0. The Morgan fingerprint density at radius 3 is 2.79 bits per heavy atom. The van der Waals surface area contributed by atoms with Crippen molar-refractivity contribution in [3.8, 4) is 5.75 Å². The number of amides is 1. The molecular weight excluding hydrogens is 416 g/mol. The van der Waals surface area contributed by atoms with Crippen LogP contribution in [0.2, 0.25) is 0 Å². The molecule has 174 valence electrons. The molecule has 0 unspecified atom stereocenters. The molecule has 1 aliphatic rings. The van der Waals surface area contributed by atoms with Crippen LogP contribution in [0, 0.1) is 5.92 Å². The Kier molecular flexibility index (Phi) is 7.34. The predicted octanol–water partition coefficient (Wildman–Crippen LogP) is 3.26. The van der Waals surface area contributed by atoms with Crippen LogP contribution >= 0.6 is 0 Å². The summed E-state index contributed by atoms with van der Waals surface area (Å²) in [6.07, 6.45) is 4.86. The number of carbonyl (C=O) groups excluding carboxylic acids is 1. The highest BCUT2D eigenvalue weighted by atomic mass is 16.5. The quantitative estimate of drug-likeness (QED) is 0.569. The lowest BCUT2D eigenvalue weighted by Gasteiger charge is -2.22. The van der Waals surface area contributed by atoms with Gasteiger partial charge >= 0.3 is 0 Å². The number of pyridine rings is 1. The molecular formula is C25H32N6O2. The molecule has 1 N–H and O–H groups in total. The van der Waals surface area contributed by atoms with E-state index >= 15 is 0 Å². The van der Waals surface area contributed by atoms with E-state index in [1.54, 1.807) is 31.6 Å². The third kappa shape index (κ3) is 5.76. The minimum Gasteiger partial charge on any atom is -0.497 e. The molecule has 1 atom stereocenters. The number of ether oxygens (including phenoxy) is 1. The third-order valence-electron chi connectivity index (χ3n) is 5.94. The largest absolute Gasteiger partial charge is 0.497 e. The van der Waals surface area contributed by atoms with Gasteiger partial charge in [-0.15, -0.1) is 10.2 Å². The van der Waals surface area contributed by atoms with E-state index in [2.05, 4.69) is 55.9 Å². The summed E-state index contributed by atoms with van der Waals surface area (Å²) in [5.74, 6) is 2.94. The van der Waals surface area contributed by atoms with Crippen LogP contribution in [0.3, 0.4) is 0 Å². The Morgan fingerprint density at radius 1 is 1.15 bits per heavy atom. The number of nitrogens with one attached hydrogen (secondary N) is 1. The van der Waals surface area contributed by atoms with Crippen molar-refractivity contribution in [1.82, 2.24) is 30.0 Å². The van der Waals surface area contributed by atoms with Gasteiger partial charge in [-0.3, -0.25) is 14.7 Å². The van der Waals surface area contributed by atoms with Crippen molar-refractivity contribution in [2.75, 3.05) is 20.2 Å². The summed E-state index contributed by atoms with van der Waals surface area (Å²) in [6.45, 7) is 7.75. The maximum absolute atomic E-state index is 12.8. The fourth-order valence-electron chi connectivity index (χ4n) is 4.27. The standard InChI is InChI=1S/C25H32N6O2/c1-18(2)14-22(27-25(32)20-7-5-10-26-16-20)24-29-28-23-9-11-30(12-13-31(23)24)17-19-6-4-8-21(15-19)33-3/h4-8,10,15-16,18,22H,9,11-14,17H2,1-3H3,(H,27,32)/t22-/m0/s1. The monoisotopic (exact) mass is 448 g/mol. The lowest BCUT2D eigenvalue weighted by atomic mass is 10.0. The Morgan fingerprint density at radius 2 is 2.03 bits per heavy atom. The third-order valence-corrected chi connectivity index (χ3v) is 5.94. The van der Waals surface area contributed by atoms with Crippen molar-refractivity contribution >= 4 is 5.91 Å². The molecule has 2 aromatic heterocycles.